The maximum absolute atomic E-state index is 13.0. The molecular weight excluding hydrogens is 255 g/mol. The fourth-order valence-electron chi connectivity index (χ4n) is 1.72. The number of hydrogen-bond donors (Lipinski definition) is 0. The zero-order chi connectivity index (χ0) is 11.3. The Kier molecular flexibility index (Phi) is 5.30. The molecule has 0 spiro atoms. The lowest BCUT2D eigenvalue weighted by Crippen LogP contribution is -2.13. The summed E-state index contributed by atoms with van der Waals surface area (Å²) in [5.41, 5.74) is 1.09. The van der Waals surface area contributed by atoms with Crippen LogP contribution in [0, 0.1) is 11.7 Å². The molecular formula is C13H18BrF. The van der Waals surface area contributed by atoms with Crippen LogP contribution in [0.1, 0.15) is 32.3 Å². The van der Waals surface area contributed by atoms with Gasteiger partial charge in [0.15, 0.2) is 0 Å². The molecule has 0 saturated carbocycles. The van der Waals surface area contributed by atoms with Crippen LogP contribution in [0.2, 0.25) is 0 Å². The molecule has 2 atom stereocenters. The summed E-state index contributed by atoms with van der Waals surface area (Å²) in [5, 5.41) is 0. The zero-order valence-corrected chi connectivity index (χ0v) is 10.9. The summed E-state index contributed by atoms with van der Waals surface area (Å²) < 4.78 is 13.0. The van der Waals surface area contributed by atoms with Gasteiger partial charge in [-0.2, -0.15) is 0 Å². The predicted molar refractivity (Wildman–Crippen MR) is 66.9 cm³/mol. The maximum atomic E-state index is 13.0. The molecule has 84 valence electrons. The molecule has 0 aromatic heterocycles. The van der Waals surface area contributed by atoms with Crippen LogP contribution in [0.15, 0.2) is 24.3 Å². The van der Waals surface area contributed by atoms with Crippen molar-refractivity contribution in [3.05, 3.63) is 35.6 Å². The monoisotopic (exact) mass is 272 g/mol. The molecule has 0 aliphatic rings. The van der Waals surface area contributed by atoms with E-state index in [2.05, 4.69) is 29.8 Å². The topological polar surface area (TPSA) is 0 Å². The number of alkyl halides is 1. The van der Waals surface area contributed by atoms with Gasteiger partial charge in [-0.25, -0.2) is 4.39 Å². The van der Waals surface area contributed by atoms with Gasteiger partial charge in [-0.1, -0.05) is 48.3 Å². The van der Waals surface area contributed by atoms with Gasteiger partial charge in [0.25, 0.3) is 0 Å². The van der Waals surface area contributed by atoms with Gasteiger partial charge in [0.05, 0.1) is 0 Å². The van der Waals surface area contributed by atoms with E-state index in [0.29, 0.717) is 10.7 Å². The Hall–Kier alpha value is -0.370. The first kappa shape index (κ1) is 12.7. The van der Waals surface area contributed by atoms with Crippen molar-refractivity contribution in [2.24, 2.45) is 5.92 Å². The van der Waals surface area contributed by atoms with Gasteiger partial charge < -0.3 is 0 Å². The molecule has 0 heterocycles. The van der Waals surface area contributed by atoms with E-state index in [1.54, 1.807) is 12.1 Å². The molecule has 0 bridgehead atoms. The Bertz CT molecular complexity index is 298. The van der Waals surface area contributed by atoms with Crippen LogP contribution in [-0.2, 0) is 6.42 Å². The lowest BCUT2D eigenvalue weighted by Gasteiger charge is -2.17. The van der Waals surface area contributed by atoms with Crippen molar-refractivity contribution in [1.82, 2.24) is 0 Å². The normalized spacial score (nSPS) is 14.9. The minimum absolute atomic E-state index is 0.138. The van der Waals surface area contributed by atoms with Crippen LogP contribution in [0.25, 0.3) is 0 Å². The summed E-state index contributed by atoms with van der Waals surface area (Å²) >= 11 is 3.69. The van der Waals surface area contributed by atoms with Crippen molar-refractivity contribution in [1.29, 1.82) is 0 Å². The summed E-state index contributed by atoms with van der Waals surface area (Å²) in [6.07, 6.45) is 3.30. The second-order valence-electron chi connectivity index (χ2n) is 4.12. The summed E-state index contributed by atoms with van der Waals surface area (Å²) in [4.78, 5) is 0.533. The second kappa shape index (κ2) is 6.26. The fourth-order valence-corrected chi connectivity index (χ4v) is 2.37. The molecule has 15 heavy (non-hydrogen) atoms. The van der Waals surface area contributed by atoms with Crippen molar-refractivity contribution >= 4 is 15.9 Å². The van der Waals surface area contributed by atoms with Crippen LogP contribution < -0.4 is 0 Å². The van der Waals surface area contributed by atoms with E-state index < -0.39 is 0 Å². The maximum Gasteiger partial charge on any atom is 0.123 e. The van der Waals surface area contributed by atoms with Gasteiger partial charge in [0.2, 0.25) is 0 Å². The molecule has 1 aromatic rings. The lowest BCUT2D eigenvalue weighted by molar-refractivity contribution is 0.524. The van der Waals surface area contributed by atoms with E-state index in [1.807, 2.05) is 6.07 Å². The van der Waals surface area contributed by atoms with Crippen LogP contribution in [0.4, 0.5) is 4.39 Å². The average molecular weight is 273 g/mol. The highest BCUT2D eigenvalue weighted by Crippen LogP contribution is 2.22. The minimum Gasteiger partial charge on any atom is -0.207 e. The second-order valence-corrected chi connectivity index (χ2v) is 5.29. The third kappa shape index (κ3) is 4.33. The molecule has 0 saturated heterocycles. The predicted octanol–water partition coefficient (Wildman–Crippen LogP) is 4.57. The molecule has 0 amide bonds. The highest BCUT2D eigenvalue weighted by Gasteiger charge is 2.13. The number of hydrogen-bond acceptors (Lipinski definition) is 0. The fraction of sp³-hybridized carbons (Fsp3) is 0.538. The van der Waals surface area contributed by atoms with E-state index in [4.69, 9.17) is 0 Å². The first-order chi connectivity index (χ1) is 7.13. The molecule has 1 aromatic carbocycles. The number of halogens is 2. The highest BCUT2D eigenvalue weighted by molar-refractivity contribution is 9.09. The third-order valence-electron chi connectivity index (χ3n) is 2.63. The molecule has 0 N–H and O–H groups in total. The Balaban J connectivity index is 2.54. The van der Waals surface area contributed by atoms with E-state index in [-0.39, 0.29) is 5.82 Å². The molecule has 0 nitrogen and oxygen atoms in total. The summed E-state index contributed by atoms with van der Waals surface area (Å²) in [6.45, 7) is 4.39. The molecule has 1 rings (SSSR count). The molecule has 2 heteroatoms. The van der Waals surface area contributed by atoms with E-state index >= 15 is 0 Å². The van der Waals surface area contributed by atoms with Crippen molar-refractivity contribution in [3.8, 4) is 0 Å². The van der Waals surface area contributed by atoms with Crippen LogP contribution in [-0.4, -0.2) is 4.83 Å². The van der Waals surface area contributed by atoms with Crippen molar-refractivity contribution in [2.75, 3.05) is 0 Å². The van der Waals surface area contributed by atoms with Crippen molar-refractivity contribution in [3.63, 3.8) is 0 Å². The Morgan fingerprint density at radius 1 is 1.40 bits per heavy atom. The quantitative estimate of drug-likeness (QED) is 0.689. The van der Waals surface area contributed by atoms with E-state index in [0.717, 1.165) is 12.0 Å². The van der Waals surface area contributed by atoms with E-state index in [9.17, 15) is 4.39 Å². The molecule has 0 aliphatic heterocycles. The Morgan fingerprint density at radius 3 is 2.73 bits per heavy atom. The van der Waals surface area contributed by atoms with Gasteiger partial charge in [-0.05, 0) is 36.5 Å². The summed E-state index contributed by atoms with van der Waals surface area (Å²) in [6, 6.07) is 6.89. The molecule has 2 unspecified atom stereocenters. The molecule has 0 radical (unpaired) electrons. The third-order valence-corrected chi connectivity index (χ3v) is 3.99. The smallest absolute Gasteiger partial charge is 0.123 e. The lowest BCUT2D eigenvalue weighted by atomic mass is 9.96. The van der Waals surface area contributed by atoms with E-state index in [1.165, 1.54) is 18.9 Å². The van der Waals surface area contributed by atoms with Gasteiger partial charge >= 0.3 is 0 Å². The number of benzene rings is 1. The van der Waals surface area contributed by atoms with Gasteiger partial charge in [0.1, 0.15) is 5.82 Å². The standard InChI is InChI=1S/C13H18BrF/c1-3-5-13(14)10(2)8-11-6-4-7-12(15)9-11/h4,6-7,9-10,13H,3,5,8H2,1-2H3. The van der Waals surface area contributed by atoms with Crippen LogP contribution in [0.3, 0.4) is 0 Å². The Labute approximate surface area is 100 Å². The summed E-state index contributed by atoms with van der Waals surface area (Å²) in [5.74, 6) is 0.410. The van der Waals surface area contributed by atoms with Crippen molar-refractivity contribution < 1.29 is 4.39 Å². The first-order valence-corrected chi connectivity index (χ1v) is 6.43. The van der Waals surface area contributed by atoms with Crippen molar-refractivity contribution in [2.45, 2.75) is 37.9 Å². The number of rotatable bonds is 5. The molecule has 0 aliphatic carbocycles. The zero-order valence-electron chi connectivity index (χ0n) is 9.34. The average Bonchev–Trinajstić information content (AvgIpc) is 2.18. The highest BCUT2D eigenvalue weighted by atomic mass is 79.9. The first-order valence-electron chi connectivity index (χ1n) is 5.52. The SMILES string of the molecule is CCCC(Br)C(C)Cc1cccc(F)c1. The van der Waals surface area contributed by atoms with Gasteiger partial charge in [-0.3, -0.25) is 0 Å². The molecule has 0 fully saturated rings. The minimum atomic E-state index is -0.138. The van der Waals surface area contributed by atoms with Crippen LogP contribution >= 0.6 is 15.9 Å². The van der Waals surface area contributed by atoms with Crippen LogP contribution in [0.5, 0.6) is 0 Å². The van der Waals surface area contributed by atoms with Gasteiger partial charge in [-0.15, -0.1) is 0 Å². The Morgan fingerprint density at radius 2 is 2.13 bits per heavy atom. The largest absolute Gasteiger partial charge is 0.207 e. The van der Waals surface area contributed by atoms with Gasteiger partial charge in [0, 0.05) is 4.83 Å². The summed E-state index contributed by atoms with van der Waals surface area (Å²) in [7, 11) is 0.